The van der Waals surface area contributed by atoms with Crippen LogP contribution < -0.4 is 11.1 Å². The molecule has 2 unspecified atom stereocenters. The van der Waals surface area contributed by atoms with Gasteiger partial charge in [0.1, 0.15) is 6.54 Å². The van der Waals surface area contributed by atoms with Crippen molar-refractivity contribution in [2.75, 3.05) is 6.26 Å². The lowest BCUT2D eigenvalue weighted by Gasteiger charge is -2.18. The van der Waals surface area contributed by atoms with Gasteiger partial charge in [0, 0.05) is 17.8 Å². The van der Waals surface area contributed by atoms with Crippen LogP contribution in [0.25, 0.3) is 0 Å². The maximum Gasteiger partial charge on any atom is 0.242 e. The number of carbonyl (C=O) groups excluding carboxylic acids is 1. The van der Waals surface area contributed by atoms with Crippen LogP contribution in [0.3, 0.4) is 0 Å². The van der Waals surface area contributed by atoms with E-state index < -0.39 is 0 Å². The number of amides is 1. The molecule has 1 aliphatic rings. The van der Waals surface area contributed by atoms with Crippen molar-refractivity contribution in [1.29, 1.82) is 0 Å². The molecule has 1 heterocycles. The van der Waals surface area contributed by atoms with E-state index in [4.69, 9.17) is 5.73 Å². The topological polar surface area (TPSA) is 85.8 Å². The third-order valence-corrected chi connectivity index (χ3v) is 4.37. The van der Waals surface area contributed by atoms with Gasteiger partial charge in [-0.1, -0.05) is 11.6 Å². The third-order valence-electron chi connectivity index (χ3n) is 3.20. The first-order valence-electron chi connectivity index (χ1n) is 6.14. The van der Waals surface area contributed by atoms with Crippen LogP contribution in [0, 0.1) is 0 Å². The van der Waals surface area contributed by atoms with E-state index in [0.29, 0.717) is 23.5 Å². The molecule has 1 aromatic rings. The molecule has 0 radical (unpaired) electrons. The van der Waals surface area contributed by atoms with Crippen molar-refractivity contribution >= 4 is 17.7 Å². The first-order valence-corrected chi connectivity index (χ1v) is 7.43. The highest BCUT2D eigenvalue weighted by Gasteiger charge is 2.27. The Bertz CT molecular complexity index is 408. The van der Waals surface area contributed by atoms with E-state index in [0.717, 1.165) is 6.42 Å². The summed E-state index contributed by atoms with van der Waals surface area (Å²) in [5.74, 6) is -0.00517. The minimum absolute atomic E-state index is 0.00517. The van der Waals surface area contributed by atoms with Gasteiger partial charge in [-0.2, -0.15) is 11.8 Å². The van der Waals surface area contributed by atoms with E-state index in [2.05, 4.69) is 21.9 Å². The summed E-state index contributed by atoms with van der Waals surface area (Å²) in [6.45, 7) is 0.559. The van der Waals surface area contributed by atoms with E-state index in [-0.39, 0.29) is 12.5 Å². The maximum atomic E-state index is 11.9. The Hall–Kier alpha value is -1.08. The van der Waals surface area contributed by atoms with E-state index >= 15 is 0 Å². The number of hydrogen-bond acceptors (Lipinski definition) is 5. The van der Waals surface area contributed by atoms with Crippen LogP contribution in [0.2, 0.25) is 0 Å². The molecule has 0 spiro atoms. The molecule has 0 aromatic carbocycles. The summed E-state index contributed by atoms with van der Waals surface area (Å²) in [4.78, 5) is 11.9. The van der Waals surface area contributed by atoms with Crippen LogP contribution in [-0.2, 0) is 17.9 Å². The summed E-state index contributed by atoms with van der Waals surface area (Å²) in [6.07, 6.45) is 7.26. The largest absolute Gasteiger partial charge is 0.351 e. The Morgan fingerprint density at radius 1 is 1.67 bits per heavy atom. The second-order valence-corrected chi connectivity index (χ2v) is 5.57. The summed E-state index contributed by atoms with van der Waals surface area (Å²) >= 11 is 1.83. The number of aromatic nitrogens is 3. The second-order valence-electron chi connectivity index (χ2n) is 4.49. The van der Waals surface area contributed by atoms with Crippen molar-refractivity contribution in [3.05, 3.63) is 11.9 Å². The fraction of sp³-hybridized carbons (Fsp3) is 0.727. The highest BCUT2D eigenvalue weighted by Crippen LogP contribution is 2.28. The molecule has 6 nitrogen and oxygen atoms in total. The lowest BCUT2D eigenvalue weighted by molar-refractivity contribution is -0.122. The predicted molar refractivity (Wildman–Crippen MR) is 71.0 cm³/mol. The van der Waals surface area contributed by atoms with Gasteiger partial charge in [0.2, 0.25) is 5.91 Å². The Morgan fingerprint density at radius 3 is 3.17 bits per heavy atom. The maximum absolute atomic E-state index is 11.9. The first kappa shape index (κ1) is 13.4. The fourth-order valence-electron chi connectivity index (χ4n) is 2.28. The SMILES string of the molecule is CSC1CCCC1NC(=O)Cn1cc(CN)nn1. The highest BCUT2D eigenvalue weighted by atomic mass is 32.2. The first-order chi connectivity index (χ1) is 8.72. The van der Waals surface area contributed by atoms with Crippen LogP contribution >= 0.6 is 11.8 Å². The van der Waals surface area contributed by atoms with E-state index in [1.54, 1.807) is 6.20 Å². The summed E-state index contributed by atoms with van der Waals surface area (Å²) in [5, 5.41) is 11.3. The van der Waals surface area contributed by atoms with Crippen molar-refractivity contribution in [1.82, 2.24) is 20.3 Å². The van der Waals surface area contributed by atoms with Gasteiger partial charge in [-0.15, -0.1) is 5.10 Å². The normalized spacial score (nSPS) is 23.2. The minimum Gasteiger partial charge on any atom is -0.351 e. The molecule has 0 saturated heterocycles. The standard InChI is InChI=1S/C11H19N5OS/c1-18-10-4-2-3-9(10)13-11(17)7-16-6-8(5-12)14-15-16/h6,9-10H,2-5,7,12H2,1H3,(H,13,17). The Kier molecular flexibility index (Phi) is 4.60. The van der Waals surface area contributed by atoms with Crippen LogP contribution in [0.1, 0.15) is 25.0 Å². The van der Waals surface area contributed by atoms with Gasteiger partial charge in [-0.05, 0) is 19.1 Å². The second kappa shape index (κ2) is 6.19. The van der Waals surface area contributed by atoms with Gasteiger partial charge in [0.25, 0.3) is 0 Å². The van der Waals surface area contributed by atoms with Gasteiger partial charge in [0.15, 0.2) is 0 Å². The zero-order valence-electron chi connectivity index (χ0n) is 10.5. The van der Waals surface area contributed by atoms with Crippen LogP contribution in [0.4, 0.5) is 0 Å². The number of thioether (sulfide) groups is 1. The monoisotopic (exact) mass is 269 g/mol. The predicted octanol–water partition coefficient (Wildman–Crippen LogP) is 0.137. The average molecular weight is 269 g/mol. The van der Waals surface area contributed by atoms with Gasteiger partial charge in [-0.25, -0.2) is 4.68 Å². The molecule has 100 valence electrons. The summed E-state index contributed by atoms with van der Waals surface area (Å²) in [7, 11) is 0. The number of hydrogen-bond donors (Lipinski definition) is 2. The average Bonchev–Trinajstić information content (AvgIpc) is 2.97. The quantitative estimate of drug-likeness (QED) is 0.794. The van der Waals surface area contributed by atoms with Crippen molar-refractivity contribution in [3.63, 3.8) is 0 Å². The molecule has 0 aliphatic heterocycles. The molecule has 0 bridgehead atoms. The molecule has 1 saturated carbocycles. The lowest BCUT2D eigenvalue weighted by Crippen LogP contribution is -2.40. The van der Waals surface area contributed by atoms with E-state index in [9.17, 15) is 4.79 Å². The summed E-state index contributed by atoms with van der Waals surface area (Å²) in [5.41, 5.74) is 6.14. The molecule has 18 heavy (non-hydrogen) atoms. The lowest BCUT2D eigenvalue weighted by atomic mass is 10.2. The minimum atomic E-state index is -0.00517. The van der Waals surface area contributed by atoms with Gasteiger partial charge in [0.05, 0.1) is 11.9 Å². The summed E-state index contributed by atoms with van der Waals surface area (Å²) < 4.78 is 1.53. The number of nitrogens with zero attached hydrogens (tertiary/aromatic N) is 3. The van der Waals surface area contributed by atoms with Crippen LogP contribution in [0.15, 0.2) is 6.20 Å². The molecule has 1 amide bonds. The zero-order valence-corrected chi connectivity index (χ0v) is 11.3. The van der Waals surface area contributed by atoms with Crippen molar-refractivity contribution in [2.24, 2.45) is 5.73 Å². The molecule has 7 heteroatoms. The Morgan fingerprint density at radius 2 is 2.50 bits per heavy atom. The molecular formula is C11H19N5OS. The van der Waals surface area contributed by atoms with Crippen molar-refractivity contribution in [2.45, 2.75) is 43.6 Å². The van der Waals surface area contributed by atoms with Crippen molar-refractivity contribution in [3.8, 4) is 0 Å². The third kappa shape index (κ3) is 3.23. The molecule has 1 fully saturated rings. The van der Waals surface area contributed by atoms with Crippen LogP contribution in [0.5, 0.6) is 0 Å². The Balaban J connectivity index is 1.84. The van der Waals surface area contributed by atoms with Gasteiger partial charge < -0.3 is 11.1 Å². The van der Waals surface area contributed by atoms with Gasteiger partial charge >= 0.3 is 0 Å². The van der Waals surface area contributed by atoms with Gasteiger partial charge in [-0.3, -0.25) is 4.79 Å². The zero-order chi connectivity index (χ0) is 13.0. The molecule has 2 atom stereocenters. The molecular weight excluding hydrogens is 250 g/mol. The molecule has 1 aromatic heterocycles. The highest BCUT2D eigenvalue weighted by molar-refractivity contribution is 7.99. The Labute approximate surface area is 111 Å². The molecule has 2 rings (SSSR count). The van der Waals surface area contributed by atoms with E-state index in [1.165, 1.54) is 17.5 Å². The summed E-state index contributed by atoms with van der Waals surface area (Å²) in [6, 6.07) is 0.296. The van der Waals surface area contributed by atoms with Crippen molar-refractivity contribution < 1.29 is 4.79 Å². The number of nitrogens with two attached hydrogens (primary N) is 1. The van der Waals surface area contributed by atoms with E-state index in [1.807, 2.05) is 11.8 Å². The number of nitrogens with one attached hydrogen (secondary N) is 1. The van der Waals surface area contributed by atoms with Crippen LogP contribution in [-0.4, -0.2) is 38.4 Å². The molecule has 1 aliphatic carbocycles. The smallest absolute Gasteiger partial charge is 0.242 e. The molecule has 3 N–H and O–H groups in total. The fourth-order valence-corrected chi connectivity index (χ4v) is 3.22. The number of rotatable bonds is 5. The number of carbonyl (C=O) groups is 1.